The van der Waals surface area contributed by atoms with E-state index >= 15 is 0 Å². The maximum absolute atomic E-state index is 5.37. The quantitative estimate of drug-likeness (QED) is 0.482. The van der Waals surface area contributed by atoms with E-state index in [4.69, 9.17) is 5.84 Å². The fourth-order valence-corrected chi connectivity index (χ4v) is 3.87. The molecule has 1 aliphatic rings. The van der Waals surface area contributed by atoms with Crippen molar-refractivity contribution in [2.24, 2.45) is 5.84 Å². The predicted octanol–water partition coefficient (Wildman–Crippen LogP) is 2.90. The van der Waals surface area contributed by atoms with Gasteiger partial charge in [-0.3, -0.25) is 10.8 Å². The highest BCUT2D eigenvalue weighted by molar-refractivity contribution is 8.11. The first-order valence-electron chi connectivity index (χ1n) is 7.45. The standard InChI is InChI=1S/C16H26N4S/c1-13(19-17)14-9-10-15(18-11-14)12-20(21(2)3)16-7-5-4-6-8-16/h9-11,16,19H,1-2,4-8,12,17H2,3H3. The van der Waals surface area contributed by atoms with Crippen LogP contribution in [0.3, 0.4) is 0 Å². The van der Waals surface area contributed by atoms with E-state index in [2.05, 4.69) is 39.5 Å². The second kappa shape index (κ2) is 7.73. The van der Waals surface area contributed by atoms with Crippen LogP contribution in [-0.2, 0) is 6.54 Å². The van der Waals surface area contributed by atoms with E-state index in [0.29, 0.717) is 11.7 Å². The van der Waals surface area contributed by atoms with Crippen molar-refractivity contribution < 1.29 is 0 Å². The first kappa shape index (κ1) is 16.2. The smallest absolute Gasteiger partial charge is 0.0554 e. The van der Waals surface area contributed by atoms with Gasteiger partial charge in [0.15, 0.2) is 0 Å². The number of pyridine rings is 1. The number of nitrogens with two attached hydrogens (primary N) is 1. The van der Waals surface area contributed by atoms with Gasteiger partial charge in [-0.05, 0) is 31.2 Å². The van der Waals surface area contributed by atoms with Crippen LogP contribution >= 0.6 is 10.7 Å². The van der Waals surface area contributed by atoms with Gasteiger partial charge in [0, 0.05) is 17.8 Å². The zero-order chi connectivity index (χ0) is 15.2. The summed E-state index contributed by atoms with van der Waals surface area (Å²) in [7, 11) is 0.0263. The third-order valence-corrected chi connectivity index (χ3v) is 5.28. The van der Waals surface area contributed by atoms with Gasteiger partial charge in [-0.25, -0.2) is 4.31 Å². The highest BCUT2D eigenvalue weighted by atomic mass is 32.2. The van der Waals surface area contributed by atoms with Crippen LogP contribution < -0.4 is 11.3 Å². The van der Waals surface area contributed by atoms with Crippen LogP contribution in [-0.4, -0.2) is 27.5 Å². The van der Waals surface area contributed by atoms with Crippen LogP contribution in [0.1, 0.15) is 43.4 Å². The zero-order valence-electron chi connectivity index (χ0n) is 12.8. The van der Waals surface area contributed by atoms with Gasteiger partial charge in [-0.2, -0.15) is 0 Å². The number of hydrazine groups is 1. The number of hydrogen-bond donors (Lipinski definition) is 2. The summed E-state index contributed by atoms with van der Waals surface area (Å²) >= 11 is 0. The summed E-state index contributed by atoms with van der Waals surface area (Å²) in [5.74, 6) is 9.62. The van der Waals surface area contributed by atoms with Crippen LogP contribution in [0.25, 0.3) is 5.70 Å². The lowest BCUT2D eigenvalue weighted by Gasteiger charge is -2.34. The SMILES string of the molecule is C=C(NN)c1ccc(CN(C2CCCCC2)S(=C)C)nc1. The first-order valence-corrected chi connectivity index (χ1v) is 9.21. The first-order chi connectivity index (χ1) is 10.1. The highest BCUT2D eigenvalue weighted by Gasteiger charge is 2.21. The molecule has 1 unspecified atom stereocenters. The summed E-state index contributed by atoms with van der Waals surface area (Å²) in [4.78, 5) is 4.54. The molecule has 2 rings (SSSR count). The molecule has 0 saturated heterocycles. The Morgan fingerprint density at radius 1 is 1.43 bits per heavy atom. The van der Waals surface area contributed by atoms with Crippen molar-refractivity contribution in [1.29, 1.82) is 0 Å². The molecule has 116 valence electrons. The van der Waals surface area contributed by atoms with Crippen molar-refractivity contribution in [3.8, 4) is 0 Å². The van der Waals surface area contributed by atoms with Gasteiger partial charge >= 0.3 is 0 Å². The minimum absolute atomic E-state index is 0.0263. The molecule has 5 heteroatoms. The third-order valence-electron chi connectivity index (χ3n) is 4.05. The van der Waals surface area contributed by atoms with Crippen molar-refractivity contribution in [1.82, 2.24) is 14.7 Å². The van der Waals surface area contributed by atoms with Crippen LogP contribution in [0, 0.1) is 0 Å². The van der Waals surface area contributed by atoms with Crippen LogP contribution in [0.15, 0.2) is 24.9 Å². The molecule has 1 fully saturated rings. The van der Waals surface area contributed by atoms with E-state index in [0.717, 1.165) is 17.8 Å². The Bertz CT molecular complexity index is 492. The average Bonchev–Trinajstić information content (AvgIpc) is 2.53. The topological polar surface area (TPSA) is 54.2 Å². The number of nitrogens with zero attached hydrogens (tertiary/aromatic N) is 2. The minimum Gasteiger partial charge on any atom is -0.324 e. The van der Waals surface area contributed by atoms with Crippen LogP contribution in [0.4, 0.5) is 0 Å². The van der Waals surface area contributed by atoms with Gasteiger partial charge in [-0.15, -0.1) is 10.7 Å². The molecule has 4 nitrogen and oxygen atoms in total. The van der Waals surface area contributed by atoms with Crippen molar-refractivity contribution in [3.63, 3.8) is 0 Å². The molecule has 0 aliphatic heterocycles. The van der Waals surface area contributed by atoms with Gasteiger partial charge in [-0.1, -0.05) is 31.7 Å². The van der Waals surface area contributed by atoms with Gasteiger partial charge in [0.25, 0.3) is 0 Å². The molecule has 1 heterocycles. The Morgan fingerprint density at radius 2 is 2.14 bits per heavy atom. The van der Waals surface area contributed by atoms with E-state index in [1.807, 2.05) is 12.3 Å². The summed E-state index contributed by atoms with van der Waals surface area (Å²) < 4.78 is 2.51. The van der Waals surface area contributed by atoms with Crippen molar-refractivity contribution >= 4 is 22.2 Å². The van der Waals surface area contributed by atoms with Crippen molar-refractivity contribution in [2.75, 3.05) is 6.26 Å². The van der Waals surface area contributed by atoms with E-state index < -0.39 is 0 Å². The Kier molecular flexibility index (Phi) is 5.96. The number of rotatable bonds is 6. The molecule has 1 aliphatic carbocycles. The molecule has 1 saturated carbocycles. The Labute approximate surface area is 130 Å². The van der Waals surface area contributed by atoms with E-state index in [1.165, 1.54) is 32.1 Å². The molecule has 0 amide bonds. The molecule has 1 aromatic heterocycles. The average molecular weight is 306 g/mol. The second-order valence-electron chi connectivity index (χ2n) is 5.63. The molecule has 0 aromatic carbocycles. The van der Waals surface area contributed by atoms with E-state index in [-0.39, 0.29) is 10.7 Å². The Morgan fingerprint density at radius 3 is 2.67 bits per heavy atom. The van der Waals surface area contributed by atoms with E-state index in [1.54, 1.807) is 0 Å². The maximum atomic E-state index is 5.37. The van der Waals surface area contributed by atoms with Gasteiger partial charge in [0.2, 0.25) is 0 Å². The minimum atomic E-state index is 0.0263. The normalized spacial score (nSPS) is 17.7. The number of nitrogens with one attached hydrogen (secondary N) is 1. The summed E-state index contributed by atoms with van der Waals surface area (Å²) in [6, 6.07) is 4.73. The lowest BCUT2D eigenvalue weighted by molar-refractivity contribution is 0.265. The number of aromatic nitrogens is 1. The molecule has 0 spiro atoms. The predicted molar refractivity (Wildman–Crippen MR) is 93.6 cm³/mol. The largest absolute Gasteiger partial charge is 0.324 e. The summed E-state index contributed by atoms with van der Waals surface area (Å²) in [5, 5.41) is 0. The summed E-state index contributed by atoms with van der Waals surface area (Å²) in [6.07, 6.45) is 10.7. The Hall–Kier alpha value is -1.17. The fraction of sp³-hybridized carbons (Fsp3) is 0.500. The lowest BCUT2D eigenvalue weighted by Crippen LogP contribution is -2.32. The number of hydrogen-bond acceptors (Lipinski definition) is 4. The molecule has 1 aromatic rings. The summed E-state index contributed by atoms with van der Waals surface area (Å²) in [6.45, 7) is 4.71. The second-order valence-corrected chi connectivity index (χ2v) is 7.30. The zero-order valence-corrected chi connectivity index (χ0v) is 13.7. The lowest BCUT2D eigenvalue weighted by atomic mass is 9.95. The molecule has 0 bridgehead atoms. The van der Waals surface area contributed by atoms with Gasteiger partial charge < -0.3 is 5.43 Å². The van der Waals surface area contributed by atoms with Crippen LogP contribution in [0.5, 0.6) is 0 Å². The fourth-order valence-electron chi connectivity index (χ4n) is 2.80. The van der Waals surface area contributed by atoms with Gasteiger partial charge in [0.1, 0.15) is 0 Å². The molecule has 1 atom stereocenters. The van der Waals surface area contributed by atoms with Gasteiger partial charge in [0.05, 0.1) is 17.9 Å². The molecular formula is C16H26N4S. The third kappa shape index (κ3) is 4.40. The van der Waals surface area contributed by atoms with Crippen molar-refractivity contribution in [2.45, 2.75) is 44.7 Å². The molecule has 0 radical (unpaired) electrons. The molecule has 21 heavy (non-hydrogen) atoms. The van der Waals surface area contributed by atoms with E-state index in [9.17, 15) is 0 Å². The monoisotopic (exact) mass is 306 g/mol. The summed E-state index contributed by atoms with van der Waals surface area (Å²) in [5.41, 5.74) is 5.25. The molecular weight excluding hydrogens is 280 g/mol. The Balaban J connectivity index is 2.06. The highest BCUT2D eigenvalue weighted by Crippen LogP contribution is 2.30. The molecule has 3 N–H and O–H groups in total. The van der Waals surface area contributed by atoms with Crippen LogP contribution in [0.2, 0.25) is 0 Å². The van der Waals surface area contributed by atoms with Crippen molar-refractivity contribution in [3.05, 3.63) is 36.2 Å². The maximum Gasteiger partial charge on any atom is 0.0554 e.